The van der Waals surface area contributed by atoms with Gasteiger partial charge in [-0.2, -0.15) is 0 Å². The molecule has 0 saturated heterocycles. The van der Waals surface area contributed by atoms with E-state index >= 15 is 0 Å². The Morgan fingerprint density at radius 1 is 1.24 bits per heavy atom. The number of aliphatic hydroxyl groups is 1. The van der Waals surface area contributed by atoms with E-state index in [4.69, 9.17) is 21.4 Å². The molecule has 1 aromatic carbocycles. The van der Waals surface area contributed by atoms with Crippen molar-refractivity contribution in [2.24, 2.45) is 0 Å². The highest BCUT2D eigenvalue weighted by Gasteiger charge is 2.12. The average Bonchev–Trinajstić information content (AvgIpc) is 2.29. The van der Waals surface area contributed by atoms with Crippen molar-refractivity contribution in [2.45, 2.75) is 4.90 Å². The molecule has 0 heterocycles. The molecule has 7 heteroatoms. The second-order valence-electron chi connectivity index (χ2n) is 3.19. The first-order valence-electron chi connectivity index (χ1n) is 5.00. The van der Waals surface area contributed by atoms with E-state index in [-0.39, 0.29) is 31.3 Å². The second kappa shape index (κ2) is 6.93. The van der Waals surface area contributed by atoms with Crippen LogP contribution in [-0.2, 0) is 14.8 Å². The van der Waals surface area contributed by atoms with E-state index in [0.717, 1.165) is 0 Å². The molecule has 0 aliphatic rings. The predicted molar refractivity (Wildman–Crippen MR) is 64.5 cm³/mol. The maximum atomic E-state index is 11.7. The normalized spacial score (nSPS) is 11.6. The maximum absolute atomic E-state index is 11.7. The molecule has 0 radical (unpaired) electrons. The zero-order valence-electron chi connectivity index (χ0n) is 9.10. The summed E-state index contributed by atoms with van der Waals surface area (Å²) in [4.78, 5) is 0.157. The van der Waals surface area contributed by atoms with E-state index in [9.17, 15) is 8.42 Å². The lowest BCUT2D eigenvalue weighted by molar-refractivity contribution is 0.0961. The number of aliphatic hydroxyl groups excluding tert-OH is 1. The molecule has 0 fully saturated rings. The number of rotatable bonds is 7. The molecule has 0 aromatic heterocycles. The van der Waals surface area contributed by atoms with Crippen LogP contribution in [0, 0.1) is 0 Å². The molecule has 1 rings (SSSR count). The minimum absolute atomic E-state index is 0.0794. The fourth-order valence-corrected chi connectivity index (χ4v) is 2.25. The van der Waals surface area contributed by atoms with Gasteiger partial charge in [-0.1, -0.05) is 11.6 Å². The minimum Gasteiger partial charge on any atom is -0.394 e. The number of hydrogen-bond donors (Lipinski definition) is 2. The second-order valence-corrected chi connectivity index (χ2v) is 5.39. The van der Waals surface area contributed by atoms with Gasteiger partial charge in [0.1, 0.15) is 0 Å². The molecule has 0 atom stereocenters. The van der Waals surface area contributed by atoms with Gasteiger partial charge >= 0.3 is 0 Å². The predicted octanol–water partition coefficient (Wildman–Crippen LogP) is 0.627. The Kier molecular flexibility index (Phi) is 5.87. The number of hydrogen-bond acceptors (Lipinski definition) is 4. The van der Waals surface area contributed by atoms with Gasteiger partial charge < -0.3 is 9.84 Å². The van der Waals surface area contributed by atoms with Crippen molar-refractivity contribution in [1.82, 2.24) is 4.72 Å². The Labute approximate surface area is 105 Å². The molecule has 17 heavy (non-hydrogen) atoms. The third-order valence-corrected chi connectivity index (χ3v) is 3.63. The first kappa shape index (κ1) is 14.4. The lowest BCUT2D eigenvalue weighted by atomic mass is 10.4. The summed E-state index contributed by atoms with van der Waals surface area (Å²) in [5, 5.41) is 8.93. The first-order valence-corrected chi connectivity index (χ1v) is 6.86. The van der Waals surface area contributed by atoms with Crippen molar-refractivity contribution >= 4 is 21.6 Å². The molecule has 0 bridgehead atoms. The smallest absolute Gasteiger partial charge is 0.240 e. The van der Waals surface area contributed by atoms with Gasteiger partial charge in [-0.15, -0.1) is 0 Å². The van der Waals surface area contributed by atoms with Crippen molar-refractivity contribution in [3.8, 4) is 0 Å². The van der Waals surface area contributed by atoms with Crippen LogP contribution >= 0.6 is 11.6 Å². The third kappa shape index (κ3) is 5.01. The van der Waals surface area contributed by atoms with Crippen molar-refractivity contribution in [1.29, 1.82) is 0 Å². The van der Waals surface area contributed by atoms with Gasteiger partial charge in [0.25, 0.3) is 0 Å². The van der Waals surface area contributed by atoms with Crippen LogP contribution in [0.1, 0.15) is 0 Å². The molecule has 0 unspecified atom stereocenters. The van der Waals surface area contributed by atoms with Crippen molar-refractivity contribution in [3.63, 3.8) is 0 Å². The van der Waals surface area contributed by atoms with Gasteiger partial charge in [-0.3, -0.25) is 0 Å². The van der Waals surface area contributed by atoms with E-state index in [1.165, 1.54) is 24.3 Å². The van der Waals surface area contributed by atoms with Crippen LogP contribution in [-0.4, -0.2) is 39.9 Å². The van der Waals surface area contributed by atoms with Gasteiger partial charge in [0.05, 0.1) is 24.7 Å². The van der Waals surface area contributed by atoms with E-state index in [1.807, 2.05) is 0 Å². The summed E-state index contributed by atoms with van der Waals surface area (Å²) in [7, 11) is -3.52. The topological polar surface area (TPSA) is 75.6 Å². The zero-order valence-corrected chi connectivity index (χ0v) is 10.7. The van der Waals surface area contributed by atoms with E-state index in [0.29, 0.717) is 5.02 Å². The quantitative estimate of drug-likeness (QED) is 0.718. The highest BCUT2D eigenvalue weighted by molar-refractivity contribution is 7.89. The van der Waals surface area contributed by atoms with Crippen LogP contribution < -0.4 is 4.72 Å². The Bertz CT molecular complexity index is 432. The molecular formula is C10H14ClNO4S. The van der Waals surface area contributed by atoms with Gasteiger partial charge in [0, 0.05) is 11.6 Å². The van der Waals surface area contributed by atoms with Gasteiger partial charge in [0.2, 0.25) is 10.0 Å². The highest BCUT2D eigenvalue weighted by Crippen LogP contribution is 2.13. The number of sulfonamides is 1. The molecule has 0 saturated carbocycles. The summed E-state index contributed by atoms with van der Waals surface area (Å²) in [6.45, 7) is 0.491. The number of nitrogens with one attached hydrogen (secondary N) is 1. The third-order valence-electron chi connectivity index (χ3n) is 1.90. The molecule has 0 spiro atoms. The molecule has 1 aromatic rings. The van der Waals surface area contributed by atoms with Crippen molar-refractivity contribution < 1.29 is 18.3 Å². The van der Waals surface area contributed by atoms with Crippen LogP contribution in [0.5, 0.6) is 0 Å². The summed E-state index contributed by atoms with van der Waals surface area (Å²) in [6, 6.07) is 5.88. The zero-order chi connectivity index (χ0) is 12.7. The molecule has 0 aliphatic carbocycles. The fourth-order valence-electron chi connectivity index (χ4n) is 1.11. The minimum atomic E-state index is -3.52. The monoisotopic (exact) mass is 279 g/mol. The Morgan fingerprint density at radius 2 is 1.88 bits per heavy atom. The highest BCUT2D eigenvalue weighted by atomic mass is 35.5. The van der Waals surface area contributed by atoms with Crippen LogP contribution in [0.15, 0.2) is 29.2 Å². The van der Waals surface area contributed by atoms with Gasteiger partial charge in [-0.25, -0.2) is 13.1 Å². The van der Waals surface area contributed by atoms with E-state index in [2.05, 4.69) is 4.72 Å². The van der Waals surface area contributed by atoms with E-state index < -0.39 is 10.0 Å². The van der Waals surface area contributed by atoms with Crippen LogP contribution in [0.2, 0.25) is 5.02 Å². The SMILES string of the molecule is O=S(=O)(NCCOCCO)c1ccc(Cl)cc1. The number of benzene rings is 1. The fraction of sp³-hybridized carbons (Fsp3) is 0.400. The van der Waals surface area contributed by atoms with Crippen molar-refractivity contribution in [2.75, 3.05) is 26.4 Å². The van der Waals surface area contributed by atoms with Gasteiger partial charge in [0.15, 0.2) is 0 Å². The van der Waals surface area contributed by atoms with Gasteiger partial charge in [-0.05, 0) is 24.3 Å². The van der Waals surface area contributed by atoms with Crippen LogP contribution in [0.3, 0.4) is 0 Å². The molecule has 96 valence electrons. The molecular weight excluding hydrogens is 266 g/mol. The summed E-state index contributed by atoms with van der Waals surface area (Å²) in [6.07, 6.45) is 0. The lowest BCUT2D eigenvalue weighted by Crippen LogP contribution is -2.27. The Balaban J connectivity index is 2.48. The van der Waals surface area contributed by atoms with E-state index in [1.54, 1.807) is 0 Å². The average molecular weight is 280 g/mol. The van der Waals surface area contributed by atoms with Crippen LogP contribution in [0.25, 0.3) is 0 Å². The lowest BCUT2D eigenvalue weighted by Gasteiger charge is -2.06. The first-order chi connectivity index (χ1) is 8.06. The molecule has 0 aliphatic heterocycles. The Morgan fingerprint density at radius 3 is 2.47 bits per heavy atom. The largest absolute Gasteiger partial charge is 0.394 e. The summed E-state index contributed by atoms with van der Waals surface area (Å²) in [5.41, 5.74) is 0. The number of ether oxygens (including phenoxy) is 1. The van der Waals surface area contributed by atoms with Crippen LogP contribution in [0.4, 0.5) is 0 Å². The molecule has 2 N–H and O–H groups in total. The van der Waals surface area contributed by atoms with Crippen molar-refractivity contribution in [3.05, 3.63) is 29.3 Å². The maximum Gasteiger partial charge on any atom is 0.240 e. The number of halogens is 1. The Hall–Kier alpha value is -0.660. The molecule has 5 nitrogen and oxygen atoms in total. The summed E-state index contributed by atoms with van der Waals surface area (Å²) < 4.78 is 30.7. The standard InChI is InChI=1S/C10H14ClNO4S/c11-9-1-3-10(4-2-9)17(14,15)12-5-7-16-8-6-13/h1-4,12-13H,5-8H2. The summed E-state index contributed by atoms with van der Waals surface area (Å²) in [5.74, 6) is 0. The molecule has 0 amide bonds. The summed E-state index contributed by atoms with van der Waals surface area (Å²) >= 11 is 5.66.